The lowest BCUT2D eigenvalue weighted by Gasteiger charge is -2.01. The van der Waals surface area contributed by atoms with Crippen molar-refractivity contribution in [2.24, 2.45) is 5.73 Å². The molecule has 70 valence electrons. The maximum Gasteiger partial charge on any atom is 0.120 e. The number of aromatic nitrogens is 2. The van der Waals surface area contributed by atoms with E-state index >= 15 is 0 Å². The van der Waals surface area contributed by atoms with Crippen LogP contribution in [0.25, 0.3) is 0 Å². The molecule has 0 atom stereocenters. The smallest absolute Gasteiger partial charge is 0.120 e. The molecule has 0 aliphatic rings. The van der Waals surface area contributed by atoms with E-state index < -0.39 is 0 Å². The summed E-state index contributed by atoms with van der Waals surface area (Å²) < 4.78 is 2.13. The molecule has 0 radical (unpaired) electrons. The normalized spacial score (nSPS) is 9.38. The fraction of sp³-hybridized carbons (Fsp3) is 0.500. The van der Waals surface area contributed by atoms with Crippen molar-refractivity contribution in [3.05, 3.63) is 18.2 Å². The third-order valence-corrected chi connectivity index (χ3v) is 1.74. The molecular weight excluding hydrogens is 162 g/mol. The molecule has 3 nitrogen and oxygen atoms in total. The highest BCUT2D eigenvalue weighted by Gasteiger charge is 1.98. The summed E-state index contributed by atoms with van der Waals surface area (Å²) in [5, 5.41) is 0. The van der Waals surface area contributed by atoms with Gasteiger partial charge < -0.3 is 10.3 Å². The van der Waals surface area contributed by atoms with Gasteiger partial charge in [-0.25, -0.2) is 4.98 Å². The molecule has 0 aliphatic carbocycles. The van der Waals surface area contributed by atoms with Crippen LogP contribution in [0.3, 0.4) is 0 Å². The molecule has 0 bridgehead atoms. The average molecular weight is 177 g/mol. The lowest BCUT2D eigenvalue weighted by molar-refractivity contribution is 0.650. The molecule has 0 fully saturated rings. The summed E-state index contributed by atoms with van der Waals surface area (Å²) in [5.74, 6) is 6.84. The standard InChI is InChI=1S/C10H15N3/c1-2-8-13-9-7-12-10(13)5-3-4-6-11/h7,9H,2,5-6,8,11H2,1H3. The summed E-state index contributed by atoms with van der Waals surface area (Å²) in [6.07, 6.45) is 5.62. The lowest BCUT2D eigenvalue weighted by atomic mass is 10.4. The summed E-state index contributed by atoms with van der Waals surface area (Å²) in [6, 6.07) is 0. The molecule has 0 spiro atoms. The highest BCUT2D eigenvalue weighted by Crippen LogP contribution is 1.99. The van der Waals surface area contributed by atoms with Crippen LogP contribution in [0.5, 0.6) is 0 Å². The minimum Gasteiger partial charge on any atom is -0.334 e. The van der Waals surface area contributed by atoms with Crippen LogP contribution < -0.4 is 5.73 Å². The van der Waals surface area contributed by atoms with E-state index in [1.54, 1.807) is 0 Å². The Balaban J connectivity index is 2.59. The molecular formula is C10H15N3. The Morgan fingerprint density at radius 2 is 2.38 bits per heavy atom. The number of nitrogens with two attached hydrogens (primary N) is 1. The van der Waals surface area contributed by atoms with E-state index in [1.165, 1.54) is 0 Å². The van der Waals surface area contributed by atoms with Crippen LogP contribution in [0.15, 0.2) is 12.4 Å². The molecule has 0 aliphatic heterocycles. The molecule has 0 unspecified atom stereocenters. The molecule has 0 saturated heterocycles. The van der Waals surface area contributed by atoms with E-state index in [1.807, 2.05) is 12.4 Å². The summed E-state index contributed by atoms with van der Waals surface area (Å²) in [4.78, 5) is 4.23. The van der Waals surface area contributed by atoms with Gasteiger partial charge in [-0.15, -0.1) is 0 Å². The number of aryl methyl sites for hydroxylation is 1. The second-order valence-corrected chi connectivity index (χ2v) is 2.77. The molecule has 1 heterocycles. The summed E-state index contributed by atoms with van der Waals surface area (Å²) in [7, 11) is 0. The molecule has 13 heavy (non-hydrogen) atoms. The first-order valence-electron chi connectivity index (χ1n) is 4.54. The molecule has 0 aromatic carbocycles. The van der Waals surface area contributed by atoms with Crippen LogP contribution in [0, 0.1) is 11.8 Å². The third-order valence-electron chi connectivity index (χ3n) is 1.74. The van der Waals surface area contributed by atoms with Crippen molar-refractivity contribution in [1.29, 1.82) is 0 Å². The van der Waals surface area contributed by atoms with Gasteiger partial charge in [-0.3, -0.25) is 0 Å². The van der Waals surface area contributed by atoms with Gasteiger partial charge in [0.25, 0.3) is 0 Å². The lowest BCUT2D eigenvalue weighted by Crippen LogP contribution is -2.02. The highest BCUT2D eigenvalue weighted by atomic mass is 15.1. The number of rotatable bonds is 3. The van der Waals surface area contributed by atoms with Crippen molar-refractivity contribution < 1.29 is 0 Å². The summed E-state index contributed by atoms with van der Waals surface area (Å²) in [5.41, 5.74) is 5.26. The van der Waals surface area contributed by atoms with Crippen LogP contribution in [0.4, 0.5) is 0 Å². The largest absolute Gasteiger partial charge is 0.334 e. The number of hydrogen-bond donors (Lipinski definition) is 1. The first kappa shape index (κ1) is 9.82. The van der Waals surface area contributed by atoms with E-state index in [2.05, 4.69) is 28.3 Å². The second kappa shape index (κ2) is 5.39. The van der Waals surface area contributed by atoms with E-state index in [-0.39, 0.29) is 0 Å². The Labute approximate surface area is 79.0 Å². The van der Waals surface area contributed by atoms with Crippen LogP contribution >= 0.6 is 0 Å². The summed E-state index contributed by atoms with van der Waals surface area (Å²) >= 11 is 0. The van der Waals surface area contributed by atoms with Crippen molar-refractivity contribution in [2.75, 3.05) is 6.54 Å². The molecule has 0 saturated carbocycles. The van der Waals surface area contributed by atoms with Crippen molar-refractivity contribution in [3.63, 3.8) is 0 Å². The molecule has 1 rings (SSSR count). The van der Waals surface area contributed by atoms with E-state index in [4.69, 9.17) is 5.73 Å². The monoisotopic (exact) mass is 177 g/mol. The van der Waals surface area contributed by atoms with E-state index in [0.717, 1.165) is 18.8 Å². The minimum atomic E-state index is 0.425. The van der Waals surface area contributed by atoms with Gasteiger partial charge in [0.1, 0.15) is 5.82 Å². The van der Waals surface area contributed by atoms with Gasteiger partial charge in [0.05, 0.1) is 13.0 Å². The number of hydrogen-bond acceptors (Lipinski definition) is 2. The van der Waals surface area contributed by atoms with Gasteiger partial charge in [-0.1, -0.05) is 18.8 Å². The van der Waals surface area contributed by atoms with E-state index in [0.29, 0.717) is 13.0 Å². The van der Waals surface area contributed by atoms with Gasteiger partial charge >= 0.3 is 0 Å². The zero-order chi connectivity index (χ0) is 9.52. The molecule has 1 aromatic heterocycles. The minimum absolute atomic E-state index is 0.425. The predicted octanol–water partition coefficient (Wildman–Crippen LogP) is 0.798. The Kier molecular flexibility index (Phi) is 4.07. The zero-order valence-electron chi connectivity index (χ0n) is 7.95. The fourth-order valence-electron chi connectivity index (χ4n) is 1.17. The fourth-order valence-corrected chi connectivity index (χ4v) is 1.17. The summed E-state index contributed by atoms with van der Waals surface area (Å²) in [6.45, 7) is 3.59. The quantitative estimate of drug-likeness (QED) is 0.694. The number of imidazole rings is 1. The molecule has 0 amide bonds. The molecule has 2 N–H and O–H groups in total. The Bertz CT molecular complexity index is 303. The maximum atomic E-state index is 5.26. The van der Waals surface area contributed by atoms with Gasteiger partial charge in [0.15, 0.2) is 0 Å². The van der Waals surface area contributed by atoms with Gasteiger partial charge in [-0.2, -0.15) is 0 Å². The topological polar surface area (TPSA) is 43.8 Å². The van der Waals surface area contributed by atoms with Crippen molar-refractivity contribution in [1.82, 2.24) is 9.55 Å². The van der Waals surface area contributed by atoms with Crippen molar-refractivity contribution in [3.8, 4) is 11.8 Å². The van der Waals surface area contributed by atoms with Crippen molar-refractivity contribution >= 4 is 0 Å². The van der Waals surface area contributed by atoms with Gasteiger partial charge in [-0.05, 0) is 6.42 Å². The van der Waals surface area contributed by atoms with Gasteiger partial charge in [0, 0.05) is 18.9 Å². The number of nitrogens with zero attached hydrogens (tertiary/aromatic N) is 2. The third kappa shape index (κ3) is 2.92. The Hall–Kier alpha value is -1.27. The predicted molar refractivity (Wildman–Crippen MR) is 53.1 cm³/mol. The first-order chi connectivity index (χ1) is 6.38. The van der Waals surface area contributed by atoms with Crippen LogP contribution in [-0.4, -0.2) is 16.1 Å². The molecule has 3 heteroatoms. The van der Waals surface area contributed by atoms with Crippen LogP contribution in [-0.2, 0) is 13.0 Å². The van der Waals surface area contributed by atoms with Crippen LogP contribution in [0.2, 0.25) is 0 Å². The molecule has 1 aromatic rings. The average Bonchev–Trinajstić information content (AvgIpc) is 2.54. The second-order valence-electron chi connectivity index (χ2n) is 2.77. The van der Waals surface area contributed by atoms with E-state index in [9.17, 15) is 0 Å². The zero-order valence-corrected chi connectivity index (χ0v) is 7.95. The van der Waals surface area contributed by atoms with Crippen molar-refractivity contribution in [2.45, 2.75) is 26.3 Å². The Morgan fingerprint density at radius 1 is 1.54 bits per heavy atom. The first-order valence-corrected chi connectivity index (χ1v) is 4.54. The Morgan fingerprint density at radius 3 is 3.08 bits per heavy atom. The van der Waals surface area contributed by atoms with Crippen LogP contribution in [0.1, 0.15) is 19.2 Å². The highest BCUT2D eigenvalue weighted by molar-refractivity contribution is 5.08. The SMILES string of the molecule is CCCn1ccnc1CC#CCN. The maximum absolute atomic E-state index is 5.26. The van der Waals surface area contributed by atoms with Gasteiger partial charge in [0.2, 0.25) is 0 Å².